The molecule has 1 aromatic carbocycles. The number of amides is 1. The molecule has 194 valence electrons. The van der Waals surface area contributed by atoms with Crippen LogP contribution in [0.4, 0.5) is 5.69 Å². The van der Waals surface area contributed by atoms with Crippen LogP contribution in [0.2, 0.25) is 0 Å². The second-order valence-electron chi connectivity index (χ2n) is 11.4. The Kier molecular flexibility index (Phi) is 5.72. The minimum atomic E-state index is -2.52. The number of aliphatic hydroxyl groups is 3. The summed E-state index contributed by atoms with van der Waals surface area (Å²) in [6, 6.07) is 3.16. The molecular formula is C27H34N2O7. The number of nitrogens with zero attached hydrogens (tertiary/aromatic N) is 1. The molecule has 3 saturated carbocycles. The van der Waals surface area contributed by atoms with E-state index in [9.17, 15) is 34.8 Å². The molecule has 0 bridgehead atoms. The van der Waals surface area contributed by atoms with Crippen molar-refractivity contribution in [2.75, 3.05) is 19.0 Å². The number of carbonyl (C=O) groups is 3. The molecule has 0 spiro atoms. The monoisotopic (exact) mass is 498 g/mol. The Bertz CT molecular complexity index is 1180. The zero-order valence-electron chi connectivity index (χ0n) is 20.9. The van der Waals surface area contributed by atoms with E-state index in [1.165, 1.54) is 6.07 Å². The molecule has 36 heavy (non-hydrogen) atoms. The molecule has 4 aliphatic carbocycles. The molecule has 0 aliphatic heterocycles. The van der Waals surface area contributed by atoms with Gasteiger partial charge in [-0.2, -0.15) is 0 Å². The van der Waals surface area contributed by atoms with E-state index in [-0.39, 0.29) is 29.7 Å². The van der Waals surface area contributed by atoms with Crippen LogP contribution in [0.3, 0.4) is 0 Å². The first-order valence-corrected chi connectivity index (χ1v) is 12.7. The number of phenols is 1. The van der Waals surface area contributed by atoms with Crippen molar-refractivity contribution in [3.05, 3.63) is 28.8 Å². The highest BCUT2D eigenvalue weighted by Crippen LogP contribution is 2.52. The van der Waals surface area contributed by atoms with Gasteiger partial charge in [0.1, 0.15) is 17.4 Å². The fourth-order valence-corrected chi connectivity index (χ4v) is 6.96. The quantitative estimate of drug-likeness (QED) is 0.395. The number of aromatic hydroxyl groups is 1. The number of anilines is 1. The smallest absolute Gasteiger partial charge is 0.233 e. The summed E-state index contributed by atoms with van der Waals surface area (Å²) in [5.41, 5.74) is -1.54. The Hall–Kier alpha value is -2.91. The summed E-state index contributed by atoms with van der Waals surface area (Å²) >= 11 is 0. The molecule has 1 amide bonds. The van der Waals surface area contributed by atoms with Gasteiger partial charge in [0.15, 0.2) is 11.4 Å². The van der Waals surface area contributed by atoms with Gasteiger partial charge in [-0.05, 0) is 62.6 Å². The van der Waals surface area contributed by atoms with E-state index in [2.05, 4.69) is 5.32 Å². The third-order valence-corrected chi connectivity index (χ3v) is 8.83. The first-order valence-electron chi connectivity index (χ1n) is 12.7. The summed E-state index contributed by atoms with van der Waals surface area (Å²) < 4.78 is 0. The highest BCUT2D eigenvalue weighted by atomic mass is 16.3. The van der Waals surface area contributed by atoms with Crippen molar-refractivity contribution in [3.8, 4) is 5.75 Å². The average Bonchev–Trinajstić information content (AvgIpc) is 3.21. The standard InChI is InChI=1S/C27H34N2O7/c1-26(8-4-5-9-26)28-25(35)21-18(31)12-14-10-13-11-15-16(29(2)3)6-7-17(30)20(15)22(32)19(13)23(33)27(14,36)24(21)34/h6-7,13-14,18,21,30-32,36H,4-5,8-12H2,1-3H3,(H,28,35)/t13-,14+,18?,21?,27+/m1/s1. The molecule has 9 heteroatoms. The highest BCUT2D eigenvalue weighted by Gasteiger charge is 2.64. The summed E-state index contributed by atoms with van der Waals surface area (Å²) in [6.45, 7) is 1.89. The van der Waals surface area contributed by atoms with E-state index in [0.717, 1.165) is 31.4 Å². The summed E-state index contributed by atoms with van der Waals surface area (Å²) in [7, 11) is 3.67. The highest BCUT2D eigenvalue weighted by molar-refractivity contribution is 6.25. The predicted octanol–water partition coefficient (Wildman–Crippen LogP) is 1.62. The summed E-state index contributed by atoms with van der Waals surface area (Å²) in [5.74, 6) is -6.25. The van der Waals surface area contributed by atoms with Crippen molar-refractivity contribution < 1.29 is 34.8 Å². The molecule has 4 aliphatic rings. The van der Waals surface area contributed by atoms with Crippen molar-refractivity contribution in [1.29, 1.82) is 0 Å². The minimum absolute atomic E-state index is 0.0826. The summed E-state index contributed by atoms with van der Waals surface area (Å²) in [6.07, 6.45) is 2.49. The van der Waals surface area contributed by atoms with Gasteiger partial charge in [-0.3, -0.25) is 14.4 Å². The second kappa shape index (κ2) is 8.31. The van der Waals surface area contributed by atoms with Gasteiger partial charge in [-0.15, -0.1) is 0 Å². The molecule has 0 saturated heterocycles. The predicted molar refractivity (Wildman–Crippen MR) is 131 cm³/mol. The molecule has 0 radical (unpaired) electrons. The zero-order valence-corrected chi connectivity index (χ0v) is 20.9. The fourth-order valence-electron chi connectivity index (χ4n) is 6.96. The lowest BCUT2D eigenvalue weighted by Crippen LogP contribution is -2.67. The van der Waals surface area contributed by atoms with E-state index in [1.807, 2.05) is 25.9 Å². The van der Waals surface area contributed by atoms with E-state index in [4.69, 9.17) is 0 Å². The number of Topliss-reactive ketones (excluding diaryl/α,β-unsaturated/α-hetero) is 2. The average molecular weight is 499 g/mol. The Morgan fingerprint density at radius 1 is 1.11 bits per heavy atom. The third kappa shape index (κ3) is 3.47. The van der Waals surface area contributed by atoms with Gasteiger partial charge in [0, 0.05) is 36.8 Å². The van der Waals surface area contributed by atoms with Crippen molar-refractivity contribution >= 4 is 28.9 Å². The van der Waals surface area contributed by atoms with Crippen LogP contribution in [0.5, 0.6) is 5.75 Å². The number of benzene rings is 1. The minimum Gasteiger partial charge on any atom is -0.507 e. The SMILES string of the molecule is CN(C)c1ccc(O)c2c1C[C@H]1C[C@H]3CC(O)C(C(=O)NC4(C)CCCC4)C(=O)[C@@]3(O)C(=O)C1=C2O. The van der Waals surface area contributed by atoms with Crippen LogP contribution in [0.25, 0.3) is 5.76 Å². The van der Waals surface area contributed by atoms with Crippen molar-refractivity contribution in [2.45, 2.75) is 69.1 Å². The van der Waals surface area contributed by atoms with Gasteiger partial charge < -0.3 is 30.6 Å². The molecule has 3 fully saturated rings. The third-order valence-electron chi connectivity index (χ3n) is 8.83. The molecule has 5 atom stereocenters. The Morgan fingerprint density at radius 3 is 2.42 bits per heavy atom. The molecule has 2 unspecified atom stereocenters. The summed E-state index contributed by atoms with van der Waals surface area (Å²) in [4.78, 5) is 42.4. The molecule has 0 heterocycles. The molecule has 9 nitrogen and oxygen atoms in total. The summed E-state index contributed by atoms with van der Waals surface area (Å²) in [5, 5.41) is 47.0. The van der Waals surface area contributed by atoms with E-state index < -0.39 is 58.2 Å². The number of phenolic OH excluding ortho intramolecular Hbond substituents is 1. The van der Waals surface area contributed by atoms with Crippen LogP contribution in [0.15, 0.2) is 17.7 Å². The van der Waals surface area contributed by atoms with Crippen LogP contribution < -0.4 is 10.2 Å². The molecule has 0 aromatic heterocycles. The van der Waals surface area contributed by atoms with Crippen molar-refractivity contribution in [1.82, 2.24) is 5.32 Å². The topological polar surface area (TPSA) is 147 Å². The molecule has 5 rings (SSSR count). The van der Waals surface area contributed by atoms with Crippen LogP contribution in [-0.4, -0.2) is 69.2 Å². The number of nitrogens with one attached hydrogen (secondary N) is 1. The Morgan fingerprint density at radius 2 is 1.78 bits per heavy atom. The number of carbonyl (C=O) groups excluding carboxylic acids is 3. The lowest BCUT2D eigenvalue weighted by Gasteiger charge is -2.49. The van der Waals surface area contributed by atoms with Crippen molar-refractivity contribution in [2.24, 2.45) is 17.8 Å². The maximum Gasteiger partial charge on any atom is 0.233 e. The van der Waals surface area contributed by atoms with E-state index >= 15 is 0 Å². The van der Waals surface area contributed by atoms with Crippen LogP contribution in [-0.2, 0) is 20.8 Å². The lowest BCUT2D eigenvalue weighted by molar-refractivity contribution is -0.175. The Balaban J connectivity index is 1.54. The van der Waals surface area contributed by atoms with E-state index in [0.29, 0.717) is 12.0 Å². The van der Waals surface area contributed by atoms with Gasteiger partial charge in [0.05, 0.1) is 11.7 Å². The number of hydrogen-bond donors (Lipinski definition) is 5. The number of ketones is 2. The molecule has 5 N–H and O–H groups in total. The van der Waals surface area contributed by atoms with Crippen LogP contribution in [0, 0.1) is 17.8 Å². The van der Waals surface area contributed by atoms with E-state index in [1.54, 1.807) is 6.07 Å². The number of fused-ring (bicyclic) bond motifs is 3. The van der Waals surface area contributed by atoms with Gasteiger partial charge in [0.2, 0.25) is 11.7 Å². The van der Waals surface area contributed by atoms with Gasteiger partial charge in [-0.25, -0.2) is 0 Å². The Labute approximate surface area is 209 Å². The van der Waals surface area contributed by atoms with Crippen molar-refractivity contribution in [3.63, 3.8) is 0 Å². The maximum absolute atomic E-state index is 13.8. The van der Waals surface area contributed by atoms with Crippen LogP contribution >= 0.6 is 0 Å². The molecule has 1 aromatic rings. The maximum atomic E-state index is 13.8. The van der Waals surface area contributed by atoms with Gasteiger partial charge in [0.25, 0.3) is 0 Å². The normalized spacial score (nSPS) is 33.0. The van der Waals surface area contributed by atoms with Gasteiger partial charge >= 0.3 is 0 Å². The largest absolute Gasteiger partial charge is 0.507 e. The molecular weight excluding hydrogens is 464 g/mol. The zero-order chi connectivity index (χ0) is 26.2. The first kappa shape index (κ1) is 24.8. The second-order valence-corrected chi connectivity index (χ2v) is 11.4. The first-order chi connectivity index (χ1) is 16.9. The fraction of sp³-hybridized carbons (Fsp3) is 0.593. The number of aliphatic hydroxyl groups excluding tert-OH is 2. The van der Waals surface area contributed by atoms with Crippen LogP contribution in [0.1, 0.15) is 56.6 Å². The number of rotatable bonds is 3. The number of hydrogen-bond acceptors (Lipinski definition) is 8. The van der Waals surface area contributed by atoms with Gasteiger partial charge in [-0.1, -0.05) is 12.8 Å². The lowest BCUT2D eigenvalue weighted by atomic mass is 9.56.